The molecule has 0 heterocycles. The first-order valence-electron chi connectivity index (χ1n) is 4.63. The highest BCUT2D eigenvalue weighted by molar-refractivity contribution is 7.89. The molecule has 0 aliphatic carbocycles. The third-order valence-electron chi connectivity index (χ3n) is 1.93. The lowest BCUT2D eigenvalue weighted by Gasteiger charge is -2.08. The molecule has 0 fully saturated rings. The summed E-state index contributed by atoms with van der Waals surface area (Å²) < 4.78 is 38.5. The van der Waals surface area contributed by atoms with E-state index in [0.29, 0.717) is 0 Å². The first kappa shape index (κ1) is 12.9. The molecule has 4 N–H and O–H groups in total. The Balaban J connectivity index is 2.94. The predicted octanol–water partition coefficient (Wildman–Crippen LogP) is 0.0686. The number of nitrogens with one attached hydrogen (secondary N) is 1. The van der Waals surface area contributed by atoms with Crippen molar-refractivity contribution in [3.05, 3.63) is 24.0 Å². The molecule has 0 aliphatic rings. The fraction of sp³-hybridized carbons (Fsp3) is 0.333. The molecule has 1 aromatic carbocycles. The number of benzene rings is 1. The third kappa shape index (κ3) is 2.91. The normalized spacial score (nSPS) is 11.6. The van der Waals surface area contributed by atoms with Gasteiger partial charge in [-0.15, -0.1) is 0 Å². The summed E-state index contributed by atoms with van der Waals surface area (Å²) >= 11 is 0. The van der Waals surface area contributed by atoms with Crippen LogP contribution in [0.15, 0.2) is 23.1 Å². The number of aliphatic hydroxyl groups is 1. The van der Waals surface area contributed by atoms with E-state index >= 15 is 0 Å². The summed E-state index contributed by atoms with van der Waals surface area (Å²) in [6.45, 7) is -0.0457. The van der Waals surface area contributed by atoms with Crippen LogP contribution in [0.5, 0.6) is 0 Å². The van der Waals surface area contributed by atoms with Gasteiger partial charge in [-0.05, 0) is 18.6 Å². The summed E-state index contributed by atoms with van der Waals surface area (Å²) in [4.78, 5) is -0.287. The van der Waals surface area contributed by atoms with Gasteiger partial charge in [-0.25, -0.2) is 17.5 Å². The quantitative estimate of drug-likeness (QED) is 0.508. The molecule has 5 nitrogen and oxygen atoms in total. The molecule has 0 radical (unpaired) electrons. The van der Waals surface area contributed by atoms with Crippen molar-refractivity contribution < 1.29 is 17.9 Å². The SMILES string of the molecule is Nc1c(F)cccc1S(=O)(=O)NCCCO. The lowest BCUT2D eigenvalue weighted by Crippen LogP contribution is -2.26. The van der Waals surface area contributed by atoms with Gasteiger partial charge in [0.1, 0.15) is 10.7 Å². The van der Waals surface area contributed by atoms with Gasteiger partial charge < -0.3 is 10.8 Å². The van der Waals surface area contributed by atoms with E-state index < -0.39 is 21.5 Å². The van der Waals surface area contributed by atoms with E-state index in [4.69, 9.17) is 10.8 Å². The molecular weight excluding hydrogens is 235 g/mol. The van der Waals surface area contributed by atoms with Crippen molar-refractivity contribution in [1.82, 2.24) is 4.72 Å². The molecule has 0 saturated heterocycles. The fourth-order valence-corrected chi connectivity index (χ4v) is 2.33. The van der Waals surface area contributed by atoms with Crippen molar-refractivity contribution in [3.8, 4) is 0 Å². The van der Waals surface area contributed by atoms with Crippen LogP contribution in [0.25, 0.3) is 0 Å². The molecule has 0 saturated carbocycles. The summed E-state index contributed by atoms with van der Waals surface area (Å²) in [5.41, 5.74) is 4.93. The van der Waals surface area contributed by atoms with Crippen molar-refractivity contribution in [2.24, 2.45) is 0 Å². The van der Waals surface area contributed by atoms with Crippen LogP contribution in [0, 0.1) is 5.82 Å². The molecular formula is C9H13FN2O3S. The molecule has 0 bridgehead atoms. The monoisotopic (exact) mass is 248 g/mol. The number of sulfonamides is 1. The van der Waals surface area contributed by atoms with Crippen LogP contribution >= 0.6 is 0 Å². The first-order valence-corrected chi connectivity index (χ1v) is 6.12. The van der Waals surface area contributed by atoms with Gasteiger partial charge in [-0.2, -0.15) is 0 Å². The Morgan fingerprint density at radius 3 is 2.75 bits per heavy atom. The molecule has 0 atom stereocenters. The number of anilines is 1. The van der Waals surface area contributed by atoms with E-state index in [1.165, 1.54) is 12.1 Å². The van der Waals surface area contributed by atoms with E-state index in [2.05, 4.69) is 4.72 Å². The highest BCUT2D eigenvalue weighted by Crippen LogP contribution is 2.20. The third-order valence-corrected chi connectivity index (χ3v) is 3.45. The lowest BCUT2D eigenvalue weighted by molar-refractivity contribution is 0.289. The maximum absolute atomic E-state index is 13.0. The van der Waals surface area contributed by atoms with Gasteiger partial charge in [0.25, 0.3) is 0 Å². The van der Waals surface area contributed by atoms with Gasteiger partial charge in [0.2, 0.25) is 10.0 Å². The zero-order valence-corrected chi connectivity index (χ0v) is 9.30. The fourth-order valence-electron chi connectivity index (χ4n) is 1.11. The summed E-state index contributed by atoms with van der Waals surface area (Å²) in [6, 6.07) is 3.58. The number of halogens is 1. The number of aliphatic hydroxyl groups excluding tert-OH is 1. The Morgan fingerprint density at radius 2 is 2.12 bits per heavy atom. The number of nitrogen functional groups attached to an aromatic ring is 1. The van der Waals surface area contributed by atoms with Crippen LogP contribution in [-0.4, -0.2) is 26.7 Å². The lowest BCUT2D eigenvalue weighted by atomic mass is 10.3. The number of hydrogen-bond acceptors (Lipinski definition) is 4. The summed E-state index contributed by atoms with van der Waals surface area (Å²) in [7, 11) is -3.81. The van der Waals surface area contributed by atoms with Crippen molar-refractivity contribution in [2.45, 2.75) is 11.3 Å². The molecule has 0 aliphatic heterocycles. The first-order chi connectivity index (χ1) is 7.49. The molecule has 0 unspecified atom stereocenters. The van der Waals surface area contributed by atoms with Crippen molar-refractivity contribution in [3.63, 3.8) is 0 Å². The van der Waals surface area contributed by atoms with Crippen LogP contribution in [0.4, 0.5) is 10.1 Å². The Labute approximate surface area is 93.1 Å². The zero-order valence-electron chi connectivity index (χ0n) is 8.48. The minimum absolute atomic E-state index is 0.0782. The second kappa shape index (κ2) is 5.24. The molecule has 90 valence electrons. The Morgan fingerprint density at radius 1 is 1.44 bits per heavy atom. The topological polar surface area (TPSA) is 92.4 Å². The van der Waals surface area contributed by atoms with Gasteiger partial charge >= 0.3 is 0 Å². The summed E-state index contributed by atoms with van der Waals surface area (Å²) in [5, 5.41) is 8.51. The van der Waals surface area contributed by atoms with Crippen LogP contribution < -0.4 is 10.5 Å². The van der Waals surface area contributed by atoms with Crippen molar-refractivity contribution in [1.29, 1.82) is 0 Å². The van der Waals surface area contributed by atoms with Crippen LogP contribution in [0.1, 0.15) is 6.42 Å². The van der Waals surface area contributed by atoms with E-state index in [9.17, 15) is 12.8 Å². The van der Waals surface area contributed by atoms with Crippen LogP contribution in [-0.2, 0) is 10.0 Å². The Bertz CT molecular complexity index is 462. The number of rotatable bonds is 5. The summed E-state index contributed by atoms with van der Waals surface area (Å²) in [6.07, 6.45) is 0.286. The minimum Gasteiger partial charge on any atom is -0.396 e. The smallest absolute Gasteiger partial charge is 0.242 e. The van der Waals surface area contributed by atoms with Crippen molar-refractivity contribution >= 4 is 15.7 Å². The highest BCUT2D eigenvalue weighted by Gasteiger charge is 2.18. The maximum atomic E-state index is 13.0. The van der Waals surface area contributed by atoms with Gasteiger partial charge in [-0.3, -0.25) is 0 Å². The van der Waals surface area contributed by atoms with E-state index in [-0.39, 0.29) is 24.5 Å². The van der Waals surface area contributed by atoms with Gasteiger partial charge in [0.15, 0.2) is 0 Å². The standard InChI is InChI=1S/C9H13FN2O3S/c10-7-3-1-4-8(9(7)11)16(14,15)12-5-2-6-13/h1,3-4,12-13H,2,5-6,11H2. The largest absolute Gasteiger partial charge is 0.396 e. The predicted molar refractivity (Wildman–Crippen MR) is 57.7 cm³/mol. The van der Waals surface area contributed by atoms with Crippen molar-refractivity contribution in [2.75, 3.05) is 18.9 Å². The molecule has 1 rings (SSSR count). The molecule has 1 aromatic rings. The van der Waals surface area contributed by atoms with Gasteiger partial charge in [-0.1, -0.05) is 6.07 Å². The average molecular weight is 248 g/mol. The molecule has 0 aromatic heterocycles. The maximum Gasteiger partial charge on any atom is 0.242 e. The second-order valence-corrected chi connectivity index (χ2v) is 4.86. The highest BCUT2D eigenvalue weighted by atomic mass is 32.2. The average Bonchev–Trinajstić information content (AvgIpc) is 2.22. The van der Waals surface area contributed by atoms with E-state index in [1.807, 2.05) is 0 Å². The molecule has 7 heteroatoms. The van der Waals surface area contributed by atoms with Gasteiger partial charge in [0, 0.05) is 13.2 Å². The van der Waals surface area contributed by atoms with E-state index in [0.717, 1.165) is 6.07 Å². The van der Waals surface area contributed by atoms with E-state index in [1.54, 1.807) is 0 Å². The Kier molecular flexibility index (Phi) is 4.22. The molecule has 0 amide bonds. The second-order valence-electron chi connectivity index (χ2n) is 3.13. The Hall–Kier alpha value is -1.18. The van der Waals surface area contributed by atoms with Crippen LogP contribution in [0.3, 0.4) is 0 Å². The van der Waals surface area contributed by atoms with Gasteiger partial charge in [0.05, 0.1) is 5.69 Å². The number of hydrogen-bond donors (Lipinski definition) is 3. The molecule has 0 spiro atoms. The zero-order chi connectivity index (χ0) is 12.2. The number of nitrogens with two attached hydrogens (primary N) is 1. The summed E-state index contributed by atoms with van der Waals surface area (Å²) in [5.74, 6) is -0.773. The minimum atomic E-state index is -3.81. The van der Waals surface area contributed by atoms with Crippen LogP contribution in [0.2, 0.25) is 0 Å². The molecule has 16 heavy (non-hydrogen) atoms. The number of para-hydroxylation sites is 1.